The number of fused-ring (bicyclic) bond motifs is 1. The molecular weight excluding hydrogens is 424 g/mol. The van der Waals surface area contributed by atoms with Gasteiger partial charge in [-0.25, -0.2) is 14.5 Å². The number of aromatic nitrogens is 3. The maximum Gasteiger partial charge on any atom is 0.503 e. The molecule has 0 aromatic carbocycles. The van der Waals surface area contributed by atoms with Gasteiger partial charge in [0.05, 0.1) is 23.0 Å². The highest BCUT2D eigenvalue weighted by atomic mass is 16.7. The first-order valence-corrected chi connectivity index (χ1v) is 11.9. The largest absolute Gasteiger partial charge is 0.503 e. The van der Waals surface area contributed by atoms with Gasteiger partial charge in [0.2, 0.25) is 0 Å². The molecule has 0 amide bonds. The lowest BCUT2D eigenvalue weighted by atomic mass is 9.79. The molecule has 2 aromatic rings. The Morgan fingerprint density at radius 1 is 1.21 bits per heavy atom. The molecule has 180 valence electrons. The Bertz CT molecular complexity index is 1000. The molecule has 1 aliphatic heterocycles. The smallest absolute Gasteiger partial charge is 0.450 e. The first-order chi connectivity index (χ1) is 15.9. The molecule has 3 heterocycles. The minimum atomic E-state index is -1.83. The predicted molar refractivity (Wildman–Crippen MR) is 126 cm³/mol. The molecule has 3 aliphatic rings. The minimum absolute atomic E-state index is 0.171. The number of nitrogens with one attached hydrogen (secondary N) is 1. The summed E-state index contributed by atoms with van der Waals surface area (Å²) in [7, 11) is 0. The second-order valence-corrected chi connectivity index (χ2v) is 9.33. The summed E-state index contributed by atoms with van der Waals surface area (Å²) in [5.41, 5.74) is 10.1. The average Bonchev–Trinajstić information content (AvgIpc) is 3.41. The third-order valence-electron chi connectivity index (χ3n) is 7.01. The van der Waals surface area contributed by atoms with Gasteiger partial charge in [0, 0.05) is 36.8 Å². The molecule has 10 nitrogen and oxygen atoms in total. The molecule has 5 rings (SSSR count). The number of pyridine rings is 1. The lowest BCUT2D eigenvalue weighted by Crippen LogP contribution is -2.39. The number of anilines is 1. The average molecular weight is 459 g/mol. The van der Waals surface area contributed by atoms with Crippen molar-refractivity contribution in [2.75, 3.05) is 5.32 Å². The standard InChI is InChI=1S/C22H32N6O.CH2O3/c1-2-28-21-18(14-25-28)20(26-16-6-4-3-5-7-16)17(13-24-21)19-12-22(29-27-19)10-8-15(23)9-11-22;2-1(3)4/h13-16H,2-12,23H2,1H3,(H,24,26);(H2,2,3,4). The normalized spacial score (nSPS) is 25.3. The Labute approximate surface area is 193 Å². The van der Waals surface area contributed by atoms with Crippen LogP contribution in [0.25, 0.3) is 11.0 Å². The molecule has 0 radical (unpaired) electrons. The maximum absolute atomic E-state index is 8.56. The quantitative estimate of drug-likeness (QED) is 0.533. The minimum Gasteiger partial charge on any atom is -0.450 e. The summed E-state index contributed by atoms with van der Waals surface area (Å²) in [5.74, 6) is 0. The van der Waals surface area contributed by atoms with E-state index in [-0.39, 0.29) is 5.60 Å². The number of hydrogen-bond donors (Lipinski definition) is 4. The van der Waals surface area contributed by atoms with Crippen LogP contribution < -0.4 is 11.1 Å². The molecule has 0 bridgehead atoms. The molecule has 33 heavy (non-hydrogen) atoms. The van der Waals surface area contributed by atoms with Crippen molar-refractivity contribution in [3.63, 3.8) is 0 Å². The molecule has 2 aliphatic carbocycles. The highest BCUT2D eigenvalue weighted by molar-refractivity contribution is 6.10. The van der Waals surface area contributed by atoms with E-state index >= 15 is 0 Å². The van der Waals surface area contributed by atoms with Crippen molar-refractivity contribution in [3.05, 3.63) is 18.0 Å². The summed E-state index contributed by atoms with van der Waals surface area (Å²) in [5, 5.41) is 28.0. The summed E-state index contributed by atoms with van der Waals surface area (Å²) in [6.45, 7) is 2.91. The van der Waals surface area contributed by atoms with Gasteiger partial charge in [0.25, 0.3) is 0 Å². The Hall–Kier alpha value is -2.88. The lowest BCUT2D eigenvalue weighted by molar-refractivity contribution is -0.0478. The van der Waals surface area contributed by atoms with Crippen molar-refractivity contribution in [2.45, 2.75) is 95.4 Å². The van der Waals surface area contributed by atoms with Gasteiger partial charge in [0.15, 0.2) is 5.65 Å². The summed E-state index contributed by atoms with van der Waals surface area (Å²) in [6, 6.07) is 0.803. The van der Waals surface area contributed by atoms with Gasteiger partial charge in [-0.15, -0.1) is 0 Å². The van der Waals surface area contributed by atoms with E-state index in [1.54, 1.807) is 0 Å². The van der Waals surface area contributed by atoms with E-state index in [1.807, 2.05) is 17.1 Å². The molecule has 0 unspecified atom stereocenters. The first kappa shape index (κ1) is 23.3. The van der Waals surface area contributed by atoms with Crippen molar-refractivity contribution in [1.82, 2.24) is 14.8 Å². The summed E-state index contributed by atoms with van der Waals surface area (Å²) in [4.78, 5) is 19.4. The van der Waals surface area contributed by atoms with Crippen LogP contribution in [0.15, 0.2) is 17.5 Å². The summed E-state index contributed by atoms with van der Waals surface area (Å²) >= 11 is 0. The number of oxime groups is 1. The van der Waals surface area contributed by atoms with E-state index in [2.05, 4.69) is 22.5 Å². The van der Waals surface area contributed by atoms with Crippen LogP contribution in [0, 0.1) is 0 Å². The van der Waals surface area contributed by atoms with Crippen LogP contribution in [0.5, 0.6) is 0 Å². The van der Waals surface area contributed by atoms with Crippen molar-refractivity contribution in [2.24, 2.45) is 10.9 Å². The van der Waals surface area contributed by atoms with Crippen LogP contribution in [-0.2, 0) is 11.4 Å². The second-order valence-electron chi connectivity index (χ2n) is 9.33. The number of nitrogens with two attached hydrogens (primary N) is 1. The van der Waals surface area contributed by atoms with Gasteiger partial charge in [-0.2, -0.15) is 5.10 Å². The van der Waals surface area contributed by atoms with E-state index in [4.69, 9.17) is 30.6 Å². The maximum atomic E-state index is 8.56. The molecule has 10 heteroatoms. The van der Waals surface area contributed by atoms with Crippen molar-refractivity contribution < 1.29 is 19.8 Å². The van der Waals surface area contributed by atoms with E-state index in [9.17, 15) is 0 Å². The van der Waals surface area contributed by atoms with Gasteiger partial charge < -0.3 is 26.1 Å². The Morgan fingerprint density at radius 2 is 1.91 bits per heavy atom. The number of aryl methyl sites for hydroxylation is 1. The summed E-state index contributed by atoms with van der Waals surface area (Å²) < 4.78 is 1.96. The second kappa shape index (κ2) is 9.94. The fraction of sp³-hybridized carbons (Fsp3) is 0.652. The number of rotatable bonds is 4. The molecule has 2 saturated carbocycles. The van der Waals surface area contributed by atoms with Crippen LogP contribution in [0.4, 0.5) is 10.5 Å². The highest BCUT2D eigenvalue weighted by Gasteiger charge is 2.42. The lowest BCUT2D eigenvalue weighted by Gasteiger charge is -2.33. The fourth-order valence-corrected chi connectivity index (χ4v) is 5.18. The molecule has 0 saturated heterocycles. The van der Waals surface area contributed by atoms with E-state index < -0.39 is 6.16 Å². The fourth-order valence-electron chi connectivity index (χ4n) is 5.18. The van der Waals surface area contributed by atoms with Crippen molar-refractivity contribution in [1.29, 1.82) is 0 Å². The van der Waals surface area contributed by atoms with E-state index in [1.165, 1.54) is 32.1 Å². The van der Waals surface area contributed by atoms with Gasteiger partial charge in [-0.1, -0.05) is 24.4 Å². The van der Waals surface area contributed by atoms with Crippen LogP contribution >= 0.6 is 0 Å². The molecule has 0 atom stereocenters. The van der Waals surface area contributed by atoms with Gasteiger partial charge in [0.1, 0.15) is 5.60 Å². The van der Waals surface area contributed by atoms with Crippen LogP contribution in [0.1, 0.15) is 76.7 Å². The number of carbonyl (C=O) groups is 1. The zero-order valence-corrected chi connectivity index (χ0v) is 19.2. The molecule has 1 spiro atoms. The number of nitrogens with zero attached hydrogens (tertiary/aromatic N) is 4. The topological polar surface area (TPSA) is 148 Å². The molecule has 5 N–H and O–H groups in total. The first-order valence-electron chi connectivity index (χ1n) is 11.9. The monoisotopic (exact) mass is 458 g/mol. The van der Waals surface area contributed by atoms with E-state index in [0.29, 0.717) is 12.1 Å². The third-order valence-corrected chi connectivity index (χ3v) is 7.01. The third kappa shape index (κ3) is 5.21. The number of carboxylic acid groups (broad SMARTS) is 2. The Balaban J connectivity index is 0.000000601. The van der Waals surface area contributed by atoms with Crippen LogP contribution in [0.3, 0.4) is 0 Å². The Kier molecular flexibility index (Phi) is 7.02. The summed E-state index contributed by atoms with van der Waals surface area (Å²) in [6.07, 6.45) is 13.3. The van der Waals surface area contributed by atoms with Gasteiger partial charge in [-0.05, 0) is 45.4 Å². The molecule has 2 aromatic heterocycles. The van der Waals surface area contributed by atoms with Crippen molar-refractivity contribution >= 4 is 28.6 Å². The van der Waals surface area contributed by atoms with Gasteiger partial charge >= 0.3 is 6.16 Å². The molecule has 2 fully saturated rings. The molecular formula is C23H34N6O4. The predicted octanol–water partition coefficient (Wildman–Crippen LogP) is 4.18. The van der Waals surface area contributed by atoms with Crippen LogP contribution in [-0.4, -0.2) is 54.5 Å². The highest BCUT2D eigenvalue weighted by Crippen LogP contribution is 2.41. The van der Waals surface area contributed by atoms with E-state index in [0.717, 1.165) is 66.6 Å². The SMILES string of the molecule is CCn1ncc2c(NC3CCCCC3)c(C3=NOC4(CCC(N)CC4)C3)cnc21.O=C(O)O. The van der Waals surface area contributed by atoms with Crippen LogP contribution in [0.2, 0.25) is 0 Å². The van der Waals surface area contributed by atoms with Crippen molar-refractivity contribution in [3.8, 4) is 0 Å². The number of hydrogen-bond acceptors (Lipinski definition) is 7. The zero-order chi connectivity index (χ0) is 23.4. The van der Waals surface area contributed by atoms with Gasteiger partial charge in [-0.3, -0.25) is 0 Å². The Morgan fingerprint density at radius 3 is 2.58 bits per heavy atom. The zero-order valence-electron chi connectivity index (χ0n) is 19.2.